The summed E-state index contributed by atoms with van der Waals surface area (Å²) in [6.45, 7) is 3.66. The molecule has 14 heteroatoms. The maximum atomic E-state index is 12.5. The molecule has 0 aromatic heterocycles. The largest absolute Gasteiger partial charge is 0.478 e. The van der Waals surface area contributed by atoms with E-state index in [4.69, 9.17) is 4.74 Å². The van der Waals surface area contributed by atoms with Gasteiger partial charge in [-0.15, -0.1) is 0 Å². The van der Waals surface area contributed by atoms with Gasteiger partial charge in [-0.3, -0.25) is 0 Å². The van der Waals surface area contributed by atoms with Crippen LogP contribution in [0.1, 0.15) is 51.6 Å². The molecule has 4 rings (SSSR count). The van der Waals surface area contributed by atoms with E-state index >= 15 is 0 Å². The first-order valence-corrected chi connectivity index (χ1v) is 17.8. The van der Waals surface area contributed by atoms with Gasteiger partial charge in [-0.05, 0) is 78.5 Å². The Morgan fingerprint density at radius 3 is 1.83 bits per heavy atom. The highest BCUT2D eigenvalue weighted by Crippen LogP contribution is 2.36. The van der Waals surface area contributed by atoms with E-state index < -0.39 is 23.9 Å². The van der Waals surface area contributed by atoms with E-state index in [9.17, 15) is 56.2 Å². The van der Waals surface area contributed by atoms with Crippen molar-refractivity contribution in [3.8, 4) is 36.4 Å². The van der Waals surface area contributed by atoms with Crippen LogP contribution in [-0.2, 0) is 4.74 Å². The first kappa shape index (κ1) is 42.3. The number of carbonyl (C=O) groups excluding carboxylic acids is 1. The minimum Gasteiger partial charge on any atom is -0.478 e. The van der Waals surface area contributed by atoms with Gasteiger partial charge in [0, 0.05) is 43.0 Å². The maximum Gasteiger partial charge on any atom is 0.409 e. The number of nitriles is 6. The predicted octanol–water partition coefficient (Wildman–Crippen LogP) is 6.84. The molecule has 0 atom stereocenters. The van der Waals surface area contributed by atoms with Crippen LogP contribution in [0.3, 0.4) is 0 Å². The maximum absolute atomic E-state index is 12.5. The average Bonchev–Trinajstić information content (AvgIpc) is 3.65. The highest BCUT2D eigenvalue weighted by molar-refractivity contribution is 5.92. The Labute approximate surface area is 334 Å². The monoisotopic (exact) mass is 770 g/mol. The number of hydrogen-bond acceptors (Lipinski definition) is 11. The lowest BCUT2D eigenvalue weighted by Gasteiger charge is -2.37. The first-order chi connectivity index (χ1) is 28.0. The molecule has 1 amide bonds. The van der Waals surface area contributed by atoms with Crippen LogP contribution in [0, 0.1) is 73.9 Å². The number of rotatable bonds is 12. The Kier molecular flexibility index (Phi) is 14.8. The molecule has 2 N–H and O–H groups in total. The van der Waals surface area contributed by atoms with Crippen LogP contribution in [0.2, 0.25) is 0 Å². The summed E-state index contributed by atoms with van der Waals surface area (Å²) < 4.78 is 5.18. The summed E-state index contributed by atoms with van der Waals surface area (Å²) in [6.07, 6.45) is 10.6. The summed E-state index contributed by atoms with van der Waals surface area (Å²) in [5.74, 6) is -3.63. The Morgan fingerprint density at radius 2 is 1.33 bits per heavy atom. The number of ether oxygens (including phenoxy) is 1. The number of piperazine rings is 1. The van der Waals surface area contributed by atoms with E-state index in [1.54, 1.807) is 24.0 Å². The molecule has 0 spiro atoms. The number of carbonyl (C=O) groups is 3. The lowest BCUT2D eigenvalue weighted by molar-refractivity contribution is 0.0686. The molecule has 1 aliphatic heterocycles. The standard InChI is InChI=1S/C44H34N8O6/c1-2-58-44(57)52-21-19-51(20-22-52)41-31(5-3-7-35(23-45)39(37(25-47)26-48)29-9-15-33(16-10-29)42(53)54)13-14-32(41)6-4-8-36(24-46)40(38(27-49)28-50)30-11-17-34(18-12-30)43(55)56/h3-12,15-18,37H,2,13-14,19-22H2,1H3,(H,53,54)(H,55,56)/b6-4+,7-3+,31-5+,36-8+,39-35-. The second-order valence-corrected chi connectivity index (χ2v) is 12.5. The number of carboxylic acid groups (broad SMARTS) is 2. The molecule has 0 bridgehead atoms. The number of benzene rings is 2. The molecule has 2 aromatic carbocycles. The zero-order valence-corrected chi connectivity index (χ0v) is 31.2. The molecule has 1 aliphatic carbocycles. The number of allylic oxidation sites excluding steroid dienone is 13. The fourth-order valence-electron chi connectivity index (χ4n) is 6.43. The number of amides is 1. The number of aromatic carboxylic acids is 2. The van der Waals surface area contributed by atoms with Gasteiger partial charge in [-0.25, -0.2) is 14.4 Å². The zero-order valence-electron chi connectivity index (χ0n) is 31.2. The molecule has 2 aliphatic rings. The van der Waals surface area contributed by atoms with Crippen molar-refractivity contribution in [1.82, 2.24) is 9.80 Å². The van der Waals surface area contributed by atoms with Crippen molar-refractivity contribution < 1.29 is 29.3 Å². The van der Waals surface area contributed by atoms with E-state index in [-0.39, 0.29) is 45.6 Å². The van der Waals surface area contributed by atoms with Crippen LogP contribution in [0.4, 0.5) is 4.79 Å². The number of hydrogen-bond donors (Lipinski definition) is 2. The van der Waals surface area contributed by atoms with Gasteiger partial charge in [0.1, 0.15) is 17.7 Å². The van der Waals surface area contributed by atoms with Crippen molar-refractivity contribution in [2.75, 3.05) is 32.8 Å². The van der Waals surface area contributed by atoms with E-state index in [1.807, 2.05) is 36.4 Å². The summed E-state index contributed by atoms with van der Waals surface area (Å²) >= 11 is 0. The number of carboxylic acids is 2. The quantitative estimate of drug-likeness (QED) is 0.166. The Morgan fingerprint density at radius 1 is 0.759 bits per heavy atom. The highest BCUT2D eigenvalue weighted by atomic mass is 16.6. The minimum atomic E-state index is -1.32. The van der Waals surface area contributed by atoms with Gasteiger partial charge in [0.2, 0.25) is 0 Å². The summed E-state index contributed by atoms with van der Waals surface area (Å²) in [5.41, 5.74) is 3.12. The molecule has 0 saturated carbocycles. The SMILES string of the molecule is CCOC(=O)N1CCN(C2=C(/C=C/C=C(\C#N)C(=C(C#N)C#N)c3ccc(C(=O)O)cc3)CC\C2=C/C=C/C(C#N)=C(\c2ccc(C(=O)O)cc2)C(C#N)C#N)CC1. The van der Waals surface area contributed by atoms with Crippen LogP contribution in [0.5, 0.6) is 0 Å². The van der Waals surface area contributed by atoms with Crippen LogP contribution in [0.25, 0.3) is 11.1 Å². The van der Waals surface area contributed by atoms with Crippen molar-refractivity contribution in [2.45, 2.75) is 19.8 Å². The van der Waals surface area contributed by atoms with Crippen molar-refractivity contribution in [2.24, 2.45) is 5.92 Å². The summed E-state index contributed by atoms with van der Waals surface area (Å²) in [7, 11) is 0. The third-order valence-electron chi connectivity index (χ3n) is 9.20. The third kappa shape index (κ3) is 10.0. The topological polar surface area (TPSA) is 250 Å². The summed E-state index contributed by atoms with van der Waals surface area (Å²) in [4.78, 5) is 39.0. The Bertz CT molecular complexity index is 2420. The Hall–Kier alpha value is -8.43. The Balaban J connectivity index is 1.79. The van der Waals surface area contributed by atoms with Crippen LogP contribution < -0.4 is 0 Å². The second-order valence-electron chi connectivity index (χ2n) is 12.5. The van der Waals surface area contributed by atoms with Crippen LogP contribution in [-0.4, -0.2) is 70.8 Å². The summed E-state index contributed by atoms with van der Waals surface area (Å²) in [5, 5.41) is 77.9. The van der Waals surface area contributed by atoms with Gasteiger partial charge < -0.3 is 24.7 Å². The van der Waals surface area contributed by atoms with Gasteiger partial charge in [0.05, 0.1) is 53.2 Å². The van der Waals surface area contributed by atoms with E-state index in [2.05, 4.69) is 17.0 Å². The molecule has 1 saturated heterocycles. The molecule has 1 heterocycles. The number of nitrogens with zero attached hydrogens (tertiary/aromatic N) is 8. The van der Waals surface area contributed by atoms with Crippen LogP contribution >= 0.6 is 0 Å². The minimum absolute atomic E-state index is 0.00144. The lowest BCUT2D eigenvalue weighted by atomic mass is 9.89. The molecule has 1 fully saturated rings. The van der Waals surface area contributed by atoms with Gasteiger partial charge >= 0.3 is 18.0 Å². The van der Waals surface area contributed by atoms with Crippen molar-refractivity contribution in [3.05, 3.63) is 141 Å². The molecule has 0 radical (unpaired) electrons. The smallest absolute Gasteiger partial charge is 0.409 e. The van der Waals surface area contributed by atoms with Gasteiger partial charge in [-0.1, -0.05) is 48.6 Å². The molecule has 58 heavy (non-hydrogen) atoms. The fraction of sp³-hybridized carbons (Fsp3) is 0.205. The van der Waals surface area contributed by atoms with E-state index in [0.717, 1.165) is 16.8 Å². The first-order valence-electron chi connectivity index (χ1n) is 17.8. The average molecular weight is 771 g/mol. The van der Waals surface area contributed by atoms with Gasteiger partial charge in [-0.2, -0.15) is 31.6 Å². The highest BCUT2D eigenvalue weighted by Gasteiger charge is 2.28. The van der Waals surface area contributed by atoms with E-state index in [0.29, 0.717) is 50.1 Å². The van der Waals surface area contributed by atoms with E-state index in [1.165, 1.54) is 60.7 Å². The molecule has 0 unspecified atom stereocenters. The van der Waals surface area contributed by atoms with Crippen LogP contribution in [0.15, 0.2) is 119 Å². The van der Waals surface area contributed by atoms with Gasteiger partial charge in [0.25, 0.3) is 0 Å². The molecule has 286 valence electrons. The van der Waals surface area contributed by atoms with Crippen molar-refractivity contribution in [1.29, 1.82) is 31.6 Å². The molecular formula is C44H34N8O6. The second kappa shape index (κ2) is 20.3. The molecule has 14 nitrogen and oxygen atoms in total. The third-order valence-corrected chi connectivity index (χ3v) is 9.20. The normalized spacial score (nSPS) is 15.2. The fourth-order valence-corrected chi connectivity index (χ4v) is 6.43. The van der Waals surface area contributed by atoms with Crippen molar-refractivity contribution in [3.63, 3.8) is 0 Å². The van der Waals surface area contributed by atoms with Crippen molar-refractivity contribution >= 4 is 29.2 Å². The summed E-state index contributed by atoms with van der Waals surface area (Å²) in [6, 6.07) is 22.6. The molecular weight excluding hydrogens is 737 g/mol. The van der Waals surface area contributed by atoms with Gasteiger partial charge in [0.15, 0.2) is 5.92 Å². The predicted molar refractivity (Wildman–Crippen MR) is 209 cm³/mol. The molecule has 2 aromatic rings. The lowest BCUT2D eigenvalue weighted by Crippen LogP contribution is -2.48. The zero-order chi connectivity index (χ0) is 42.2.